The van der Waals surface area contributed by atoms with Gasteiger partial charge in [-0.2, -0.15) is 0 Å². The Kier molecular flexibility index (Phi) is 10.7. The lowest BCUT2D eigenvalue weighted by atomic mass is 9.87. The SMILES string of the molecule is O=C(NCC1CCC(OCCCCCCBr)CC1)OCc1ccccc1. The van der Waals surface area contributed by atoms with Crippen LogP contribution in [0.25, 0.3) is 0 Å². The zero-order valence-corrected chi connectivity index (χ0v) is 17.2. The van der Waals surface area contributed by atoms with E-state index in [0.29, 0.717) is 25.2 Å². The highest BCUT2D eigenvalue weighted by Crippen LogP contribution is 2.26. The molecule has 26 heavy (non-hydrogen) atoms. The molecule has 146 valence electrons. The molecule has 1 aliphatic carbocycles. The van der Waals surface area contributed by atoms with E-state index in [1.165, 1.54) is 25.7 Å². The van der Waals surface area contributed by atoms with Crippen molar-refractivity contribution in [2.45, 2.75) is 64.1 Å². The van der Waals surface area contributed by atoms with Crippen molar-refractivity contribution in [3.8, 4) is 0 Å². The summed E-state index contributed by atoms with van der Waals surface area (Å²) in [6, 6.07) is 9.75. The van der Waals surface area contributed by atoms with Crippen molar-refractivity contribution >= 4 is 22.0 Å². The highest BCUT2D eigenvalue weighted by Gasteiger charge is 2.22. The summed E-state index contributed by atoms with van der Waals surface area (Å²) in [6.07, 6.45) is 9.50. The first-order valence-corrected chi connectivity index (χ1v) is 11.0. The fourth-order valence-electron chi connectivity index (χ4n) is 3.30. The summed E-state index contributed by atoms with van der Waals surface area (Å²) in [5, 5.41) is 4.01. The van der Waals surface area contributed by atoms with Crippen molar-refractivity contribution in [2.24, 2.45) is 5.92 Å². The summed E-state index contributed by atoms with van der Waals surface area (Å²) in [5.41, 5.74) is 1.01. The second-order valence-corrected chi connectivity index (χ2v) is 7.85. The van der Waals surface area contributed by atoms with Crippen molar-refractivity contribution in [3.63, 3.8) is 0 Å². The molecular weight excluding hydrogens is 394 g/mol. The van der Waals surface area contributed by atoms with Crippen LogP contribution in [0, 0.1) is 5.92 Å². The van der Waals surface area contributed by atoms with E-state index in [9.17, 15) is 4.79 Å². The Labute approximate surface area is 166 Å². The number of rotatable bonds is 11. The molecular formula is C21H32BrNO3. The number of carbonyl (C=O) groups is 1. The Morgan fingerprint density at radius 1 is 1.04 bits per heavy atom. The molecule has 0 heterocycles. The van der Waals surface area contributed by atoms with Gasteiger partial charge in [0, 0.05) is 18.5 Å². The van der Waals surface area contributed by atoms with Gasteiger partial charge >= 0.3 is 6.09 Å². The van der Waals surface area contributed by atoms with Crippen LogP contribution >= 0.6 is 15.9 Å². The van der Waals surface area contributed by atoms with E-state index < -0.39 is 0 Å². The van der Waals surface area contributed by atoms with Gasteiger partial charge in [0.1, 0.15) is 6.61 Å². The quantitative estimate of drug-likeness (QED) is 0.379. The third-order valence-electron chi connectivity index (χ3n) is 4.92. The van der Waals surface area contributed by atoms with Crippen molar-refractivity contribution in [2.75, 3.05) is 18.5 Å². The molecule has 0 unspecified atom stereocenters. The van der Waals surface area contributed by atoms with Crippen molar-refractivity contribution in [3.05, 3.63) is 35.9 Å². The maximum Gasteiger partial charge on any atom is 0.407 e. The van der Waals surface area contributed by atoms with Gasteiger partial charge in [0.15, 0.2) is 0 Å². The van der Waals surface area contributed by atoms with Gasteiger partial charge in [-0.15, -0.1) is 0 Å². The first-order chi connectivity index (χ1) is 12.8. The van der Waals surface area contributed by atoms with E-state index in [-0.39, 0.29) is 6.09 Å². The molecule has 0 radical (unpaired) electrons. The molecule has 5 heteroatoms. The number of alkyl carbamates (subject to hydrolysis) is 1. The Morgan fingerprint density at radius 2 is 1.77 bits per heavy atom. The Morgan fingerprint density at radius 3 is 2.50 bits per heavy atom. The van der Waals surface area contributed by atoms with Crippen LogP contribution in [0.4, 0.5) is 4.79 Å². The lowest BCUT2D eigenvalue weighted by Crippen LogP contribution is -2.33. The van der Waals surface area contributed by atoms with E-state index >= 15 is 0 Å². The number of ether oxygens (including phenoxy) is 2. The number of amides is 1. The third kappa shape index (κ3) is 9.04. The molecule has 0 saturated heterocycles. The number of benzene rings is 1. The van der Waals surface area contributed by atoms with Crippen LogP contribution in [0.5, 0.6) is 0 Å². The lowest BCUT2D eigenvalue weighted by Gasteiger charge is -2.28. The van der Waals surface area contributed by atoms with Gasteiger partial charge in [0.2, 0.25) is 0 Å². The van der Waals surface area contributed by atoms with Crippen molar-refractivity contribution < 1.29 is 14.3 Å². The second-order valence-electron chi connectivity index (χ2n) is 7.06. The molecule has 1 aromatic carbocycles. The van der Waals surface area contributed by atoms with Crippen LogP contribution in [0.15, 0.2) is 30.3 Å². The van der Waals surface area contributed by atoms with E-state index in [0.717, 1.165) is 43.2 Å². The van der Waals surface area contributed by atoms with Gasteiger partial charge < -0.3 is 14.8 Å². The number of nitrogens with one attached hydrogen (secondary N) is 1. The van der Waals surface area contributed by atoms with Crippen molar-refractivity contribution in [1.82, 2.24) is 5.32 Å². The largest absolute Gasteiger partial charge is 0.445 e. The normalized spacial score (nSPS) is 19.9. The number of hydrogen-bond donors (Lipinski definition) is 1. The Bertz CT molecular complexity index is 489. The Hall–Kier alpha value is -1.07. The summed E-state index contributed by atoms with van der Waals surface area (Å²) in [6.45, 7) is 1.91. The monoisotopic (exact) mass is 425 g/mol. The van der Waals surface area contributed by atoms with Crippen LogP contribution < -0.4 is 5.32 Å². The molecule has 1 aliphatic rings. The molecule has 1 amide bonds. The highest BCUT2D eigenvalue weighted by molar-refractivity contribution is 9.09. The van der Waals surface area contributed by atoms with Gasteiger partial charge in [0.05, 0.1) is 6.10 Å². The summed E-state index contributed by atoms with van der Waals surface area (Å²) in [5.74, 6) is 0.540. The second kappa shape index (κ2) is 13.2. The standard InChI is InChI=1S/C21H32BrNO3/c22-14-6-1-2-7-15-25-20-12-10-18(11-13-20)16-23-21(24)26-17-19-8-4-3-5-9-19/h3-5,8-9,18,20H,1-2,6-7,10-17H2,(H,23,24). The molecule has 0 atom stereocenters. The molecule has 0 aromatic heterocycles. The van der Waals surface area contributed by atoms with E-state index in [1.807, 2.05) is 30.3 Å². The molecule has 0 aliphatic heterocycles. The van der Waals surface area contributed by atoms with Gasteiger partial charge in [-0.05, 0) is 50.0 Å². The predicted octanol–water partition coefficient (Wildman–Crippen LogP) is 5.44. The van der Waals surface area contributed by atoms with Crippen LogP contribution in [0.3, 0.4) is 0 Å². The smallest absolute Gasteiger partial charge is 0.407 e. The van der Waals surface area contributed by atoms with Crippen molar-refractivity contribution in [1.29, 1.82) is 0 Å². The van der Waals surface area contributed by atoms with E-state index in [4.69, 9.17) is 9.47 Å². The minimum absolute atomic E-state index is 0.322. The molecule has 1 saturated carbocycles. The average molecular weight is 426 g/mol. The summed E-state index contributed by atoms with van der Waals surface area (Å²) in [7, 11) is 0. The first-order valence-electron chi connectivity index (χ1n) is 9.90. The molecule has 4 nitrogen and oxygen atoms in total. The fraction of sp³-hybridized carbons (Fsp3) is 0.667. The minimum atomic E-state index is -0.323. The maximum absolute atomic E-state index is 11.8. The molecule has 1 fully saturated rings. The molecule has 0 bridgehead atoms. The van der Waals surface area contributed by atoms with Crippen LogP contribution in [-0.2, 0) is 16.1 Å². The third-order valence-corrected chi connectivity index (χ3v) is 5.48. The summed E-state index contributed by atoms with van der Waals surface area (Å²) >= 11 is 3.46. The average Bonchev–Trinajstić information content (AvgIpc) is 2.69. The summed E-state index contributed by atoms with van der Waals surface area (Å²) < 4.78 is 11.3. The topological polar surface area (TPSA) is 47.6 Å². The van der Waals surface area contributed by atoms with E-state index in [2.05, 4.69) is 21.2 Å². The Balaban J connectivity index is 1.48. The molecule has 0 spiro atoms. The van der Waals surface area contributed by atoms with Gasteiger partial charge in [-0.1, -0.05) is 59.1 Å². The maximum atomic E-state index is 11.8. The minimum Gasteiger partial charge on any atom is -0.445 e. The highest BCUT2D eigenvalue weighted by atomic mass is 79.9. The van der Waals surface area contributed by atoms with Crippen LogP contribution in [-0.4, -0.2) is 30.7 Å². The molecule has 2 rings (SSSR count). The van der Waals surface area contributed by atoms with Crippen LogP contribution in [0.1, 0.15) is 56.9 Å². The predicted molar refractivity (Wildman–Crippen MR) is 109 cm³/mol. The zero-order valence-electron chi connectivity index (χ0n) is 15.6. The zero-order chi connectivity index (χ0) is 18.5. The molecule has 1 N–H and O–H groups in total. The first kappa shape index (κ1) is 21.2. The number of hydrogen-bond acceptors (Lipinski definition) is 3. The summed E-state index contributed by atoms with van der Waals surface area (Å²) in [4.78, 5) is 11.8. The lowest BCUT2D eigenvalue weighted by molar-refractivity contribution is 0.0162. The number of carbonyl (C=O) groups excluding carboxylic acids is 1. The number of halogens is 1. The number of alkyl halides is 1. The van der Waals surface area contributed by atoms with E-state index in [1.54, 1.807) is 0 Å². The van der Waals surface area contributed by atoms with Gasteiger partial charge in [-0.25, -0.2) is 4.79 Å². The fourth-order valence-corrected chi connectivity index (χ4v) is 3.70. The van der Waals surface area contributed by atoms with Gasteiger partial charge in [0.25, 0.3) is 0 Å². The number of unbranched alkanes of at least 4 members (excludes halogenated alkanes) is 3. The van der Waals surface area contributed by atoms with Crippen LogP contribution in [0.2, 0.25) is 0 Å². The van der Waals surface area contributed by atoms with Gasteiger partial charge in [-0.3, -0.25) is 0 Å². The molecule has 1 aromatic rings.